The van der Waals surface area contributed by atoms with Crippen LogP contribution in [-0.2, 0) is 20.9 Å². The molecule has 0 aliphatic carbocycles. The van der Waals surface area contributed by atoms with Crippen LogP contribution in [0.4, 0.5) is 4.79 Å². The monoisotopic (exact) mass is 475 g/mol. The van der Waals surface area contributed by atoms with Crippen molar-refractivity contribution < 1.29 is 24.2 Å². The lowest BCUT2D eigenvalue weighted by Gasteiger charge is -2.29. The van der Waals surface area contributed by atoms with Crippen LogP contribution in [0.5, 0.6) is 0 Å². The second-order valence-corrected chi connectivity index (χ2v) is 8.11. The highest BCUT2D eigenvalue weighted by Gasteiger charge is 2.35. The van der Waals surface area contributed by atoms with Crippen molar-refractivity contribution in [2.45, 2.75) is 37.6 Å². The number of ether oxygens (including phenoxy) is 1. The SMILES string of the molecule is C[C@@H](O)[C@H](NC(=O)OCc1ccccc1)C(=O)N[C@H](C(N)=O)C(c1ccccc1)c1ccccc1. The van der Waals surface area contributed by atoms with E-state index in [-0.39, 0.29) is 6.61 Å². The van der Waals surface area contributed by atoms with Crippen molar-refractivity contribution in [3.63, 3.8) is 0 Å². The van der Waals surface area contributed by atoms with Gasteiger partial charge in [-0.15, -0.1) is 0 Å². The number of aliphatic hydroxyl groups excluding tert-OH is 1. The van der Waals surface area contributed by atoms with Gasteiger partial charge in [-0.3, -0.25) is 9.59 Å². The number of alkyl carbamates (subject to hydrolysis) is 1. The molecule has 0 spiro atoms. The highest BCUT2D eigenvalue weighted by atomic mass is 16.5. The second kappa shape index (κ2) is 12.3. The summed E-state index contributed by atoms with van der Waals surface area (Å²) in [6, 6.07) is 24.9. The lowest BCUT2D eigenvalue weighted by molar-refractivity contribution is -0.130. The first-order chi connectivity index (χ1) is 16.9. The molecule has 8 nitrogen and oxygen atoms in total. The Hall–Kier alpha value is -4.17. The van der Waals surface area contributed by atoms with Crippen molar-refractivity contribution in [2.75, 3.05) is 0 Å². The molecule has 0 unspecified atom stereocenters. The third kappa shape index (κ3) is 7.15. The van der Waals surface area contributed by atoms with Crippen molar-refractivity contribution in [1.82, 2.24) is 10.6 Å². The Balaban J connectivity index is 1.78. The maximum absolute atomic E-state index is 13.1. The summed E-state index contributed by atoms with van der Waals surface area (Å²) in [6.45, 7) is 1.35. The molecule has 3 aromatic carbocycles. The average molecular weight is 476 g/mol. The van der Waals surface area contributed by atoms with Gasteiger partial charge in [0.15, 0.2) is 0 Å². The smallest absolute Gasteiger partial charge is 0.408 e. The minimum absolute atomic E-state index is 0.00514. The molecular formula is C27H29N3O5. The Labute approximate surface area is 204 Å². The van der Waals surface area contributed by atoms with Crippen LogP contribution in [0.15, 0.2) is 91.0 Å². The Morgan fingerprint density at radius 1 is 0.800 bits per heavy atom. The van der Waals surface area contributed by atoms with E-state index in [1.54, 1.807) is 12.1 Å². The zero-order valence-corrected chi connectivity index (χ0v) is 19.3. The standard InChI is InChI=1S/C27H29N3O5/c1-18(31)23(30-27(34)35-17-19-11-5-2-6-12-19)26(33)29-24(25(28)32)22(20-13-7-3-8-14-20)21-15-9-4-10-16-21/h2-16,18,22-24,31H,17H2,1H3,(H2,28,32)(H,29,33)(H,30,34)/t18-,23+,24+/m1/s1. The van der Waals surface area contributed by atoms with Crippen molar-refractivity contribution in [3.05, 3.63) is 108 Å². The number of primary amides is 1. The van der Waals surface area contributed by atoms with E-state index in [0.29, 0.717) is 0 Å². The molecule has 3 amide bonds. The van der Waals surface area contributed by atoms with Crippen molar-refractivity contribution in [1.29, 1.82) is 0 Å². The van der Waals surface area contributed by atoms with Crippen LogP contribution in [0.3, 0.4) is 0 Å². The molecule has 35 heavy (non-hydrogen) atoms. The van der Waals surface area contributed by atoms with E-state index in [9.17, 15) is 19.5 Å². The van der Waals surface area contributed by atoms with Gasteiger partial charge in [0, 0.05) is 5.92 Å². The quantitative estimate of drug-likeness (QED) is 0.358. The molecule has 0 radical (unpaired) electrons. The number of carbonyl (C=O) groups is 3. The maximum Gasteiger partial charge on any atom is 0.408 e. The van der Waals surface area contributed by atoms with Crippen LogP contribution < -0.4 is 16.4 Å². The van der Waals surface area contributed by atoms with Crippen LogP contribution in [0.2, 0.25) is 0 Å². The molecule has 0 heterocycles. The average Bonchev–Trinajstić information content (AvgIpc) is 2.87. The summed E-state index contributed by atoms with van der Waals surface area (Å²) in [7, 11) is 0. The van der Waals surface area contributed by atoms with E-state index in [2.05, 4.69) is 10.6 Å². The van der Waals surface area contributed by atoms with Gasteiger partial charge in [-0.2, -0.15) is 0 Å². The number of nitrogens with one attached hydrogen (secondary N) is 2. The lowest BCUT2D eigenvalue weighted by atomic mass is 9.84. The molecule has 0 aromatic heterocycles. The van der Waals surface area contributed by atoms with Gasteiger partial charge in [0.05, 0.1) is 6.10 Å². The van der Waals surface area contributed by atoms with Crippen LogP contribution in [0.1, 0.15) is 29.5 Å². The zero-order chi connectivity index (χ0) is 25.2. The molecule has 8 heteroatoms. The van der Waals surface area contributed by atoms with Crippen molar-refractivity contribution in [3.8, 4) is 0 Å². The molecule has 0 saturated carbocycles. The van der Waals surface area contributed by atoms with E-state index in [4.69, 9.17) is 10.5 Å². The molecule has 0 bridgehead atoms. The number of hydrogen-bond acceptors (Lipinski definition) is 5. The summed E-state index contributed by atoms with van der Waals surface area (Å²) >= 11 is 0. The first-order valence-corrected chi connectivity index (χ1v) is 11.2. The minimum atomic E-state index is -1.37. The molecule has 182 valence electrons. The van der Waals surface area contributed by atoms with Gasteiger partial charge < -0.3 is 26.2 Å². The fraction of sp³-hybridized carbons (Fsp3) is 0.222. The van der Waals surface area contributed by atoms with Crippen molar-refractivity contribution in [2.24, 2.45) is 5.73 Å². The van der Waals surface area contributed by atoms with Crippen LogP contribution in [0, 0.1) is 0 Å². The number of rotatable bonds is 10. The summed E-state index contributed by atoms with van der Waals surface area (Å²) in [5.74, 6) is -2.11. The summed E-state index contributed by atoms with van der Waals surface area (Å²) in [5, 5.41) is 15.2. The molecule has 0 fully saturated rings. The van der Waals surface area contributed by atoms with Gasteiger partial charge in [-0.1, -0.05) is 91.0 Å². The first-order valence-electron chi connectivity index (χ1n) is 11.2. The van der Waals surface area contributed by atoms with Gasteiger partial charge in [-0.05, 0) is 23.6 Å². The number of benzene rings is 3. The summed E-state index contributed by atoms with van der Waals surface area (Å²) in [5.41, 5.74) is 8.03. The fourth-order valence-corrected chi connectivity index (χ4v) is 3.76. The molecule has 0 saturated heterocycles. The number of hydrogen-bond donors (Lipinski definition) is 4. The second-order valence-electron chi connectivity index (χ2n) is 8.11. The predicted octanol–water partition coefficient (Wildman–Crippen LogP) is 2.46. The Kier molecular flexibility index (Phi) is 8.97. The fourth-order valence-electron chi connectivity index (χ4n) is 3.76. The number of aliphatic hydroxyl groups is 1. The molecule has 0 aliphatic heterocycles. The predicted molar refractivity (Wildman–Crippen MR) is 131 cm³/mol. The first kappa shape index (κ1) is 25.5. The maximum atomic E-state index is 13.1. The van der Waals surface area contributed by atoms with Gasteiger partial charge >= 0.3 is 6.09 Å². The molecule has 3 rings (SSSR count). The van der Waals surface area contributed by atoms with Crippen molar-refractivity contribution >= 4 is 17.9 Å². The van der Waals surface area contributed by atoms with E-state index in [1.807, 2.05) is 78.9 Å². The van der Waals surface area contributed by atoms with Gasteiger partial charge in [0.25, 0.3) is 0 Å². The third-order valence-corrected chi connectivity index (χ3v) is 5.51. The molecule has 5 N–H and O–H groups in total. The molecule has 3 aromatic rings. The normalized spacial score (nSPS) is 13.3. The van der Waals surface area contributed by atoms with Crippen LogP contribution >= 0.6 is 0 Å². The summed E-state index contributed by atoms with van der Waals surface area (Å²) in [4.78, 5) is 38.0. The highest BCUT2D eigenvalue weighted by molar-refractivity contribution is 5.92. The topological polar surface area (TPSA) is 131 Å². The largest absolute Gasteiger partial charge is 0.445 e. The van der Waals surface area contributed by atoms with Gasteiger partial charge in [0.1, 0.15) is 18.7 Å². The molecular weight excluding hydrogens is 446 g/mol. The Morgan fingerprint density at radius 3 is 1.74 bits per heavy atom. The highest BCUT2D eigenvalue weighted by Crippen LogP contribution is 2.28. The van der Waals surface area contributed by atoms with E-state index in [1.165, 1.54) is 6.92 Å². The number of nitrogens with two attached hydrogens (primary N) is 1. The summed E-state index contributed by atoms with van der Waals surface area (Å²) in [6.07, 6.45) is -2.15. The van der Waals surface area contributed by atoms with E-state index >= 15 is 0 Å². The lowest BCUT2D eigenvalue weighted by Crippen LogP contribution is -2.58. The van der Waals surface area contributed by atoms with E-state index in [0.717, 1.165) is 16.7 Å². The van der Waals surface area contributed by atoms with Crippen LogP contribution in [-0.4, -0.2) is 41.2 Å². The Morgan fingerprint density at radius 2 is 1.29 bits per heavy atom. The summed E-state index contributed by atoms with van der Waals surface area (Å²) < 4.78 is 5.16. The van der Waals surface area contributed by atoms with Crippen LogP contribution in [0.25, 0.3) is 0 Å². The zero-order valence-electron chi connectivity index (χ0n) is 19.3. The Bertz CT molecular complexity index is 1070. The number of carbonyl (C=O) groups excluding carboxylic acids is 3. The van der Waals surface area contributed by atoms with Gasteiger partial charge in [-0.25, -0.2) is 4.79 Å². The minimum Gasteiger partial charge on any atom is -0.445 e. The molecule has 3 atom stereocenters. The van der Waals surface area contributed by atoms with Gasteiger partial charge in [0.2, 0.25) is 11.8 Å². The van der Waals surface area contributed by atoms with E-state index < -0.39 is 42.0 Å². The molecule has 0 aliphatic rings. The number of amides is 3. The third-order valence-electron chi connectivity index (χ3n) is 5.51.